The van der Waals surface area contributed by atoms with Crippen molar-refractivity contribution in [1.29, 1.82) is 0 Å². The van der Waals surface area contributed by atoms with E-state index in [2.05, 4.69) is 11.3 Å². The minimum absolute atomic E-state index is 0.0121. The van der Waals surface area contributed by atoms with Crippen molar-refractivity contribution in [2.45, 2.75) is 44.8 Å². The van der Waals surface area contributed by atoms with Crippen LogP contribution in [0.4, 0.5) is 18.0 Å². The van der Waals surface area contributed by atoms with Gasteiger partial charge in [-0.25, -0.2) is 4.79 Å². The lowest BCUT2D eigenvalue weighted by molar-refractivity contribution is -0.172. The van der Waals surface area contributed by atoms with E-state index in [4.69, 9.17) is 5.73 Å². The Balaban J connectivity index is 4.65. The van der Waals surface area contributed by atoms with Gasteiger partial charge in [0, 0.05) is 5.57 Å². The minimum Gasteiger partial charge on any atom is -0.450 e. The highest BCUT2D eigenvalue weighted by molar-refractivity contribution is 6.04. The third-order valence-electron chi connectivity index (χ3n) is 2.70. The molecule has 0 aromatic heterocycles. The van der Waals surface area contributed by atoms with Crippen LogP contribution in [0, 0.1) is 0 Å². The fourth-order valence-corrected chi connectivity index (χ4v) is 1.47. The molecule has 126 valence electrons. The number of carbonyl (C=O) groups is 3. The summed E-state index contributed by atoms with van der Waals surface area (Å²) in [7, 11) is 0. The van der Waals surface area contributed by atoms with E-state index in [1.54, 1.807) is 5.32 Å². The maximum absolute atomic E-state index is 12.4. The summed E-state index contributed by atoms with van der Waals surface area (Å²) in [5, 5.41) is 1.66. The molecule has 0 saturated heterocycles. The van der Waals surface area contributed by atoms with Crippen molar-refractivity contribution in [1.82, 2.24) is 5.32 Å². The molecule has 1 atom stereocenters. The summed E-state index contributed by atoms with van der Waals surface area (Å²) in [5.74, 6) is -3.68. The number of ether oxygens (including phenoxy) is 1. The minimum atomic E-state index is -5.25. The molecular formula is C13H19F3N2O4. The Kier molecular flexibility index (Phi) is 8.21. The molecule has 0 saturated carbocycles. The highest BCUT2D eigenvalue weighted by Crippen LogP contribution is 2.20. The average Bonchev–Trinajstić information content (AvgIpc) is 2.42. The van der Waals surface area contributed by atoms with Crippen molar-refractivity contribution in [2.75, 3.05) is 6.61 Å². The lowest BCUT2D eigenvalue weighted by Gasteiger charge is -2.19. The van der Waals surface area contributed by atoms with Crippen LogP contribution in [0.2, 0.25) is 0 Å². The number of alkyl carbamates (subject to hydrolysis) is 1. The number of primary amides is 1. The van der Waals surface area contributed by atoms with Gasteiger partial charge in [0.1, 0.15) is 6.04 Å². The molecule has 2 amide bonds. The number of hydrogen-bond acceptors (Lipinski definition) is 4. The second-order valence-electron chi connectivity index (χ2n) is 4.53. The Morgan fingerprint density at radius 2 is 1.82 bits per heavy atom. The largest absolute Gasteiger partial charge is 0.452 e. The molecule has 22 heavy (non-hydrogen) atoms. The van der Waals surface area contributed by atoms with Crippen LogP contribution >= 0.6 is 0 Å². The molecule has 0 aliphatic rings. The number of Topliss-reactive ketones (excluding diaryl/α,β-unsaturated/α-hetero) is 1. The molecule has 0 heterocycles. The SMILES string of the molecule is C=C(C(N)=O)[C@@H](NC(=O)OCCCCCC)C(=O)C(F)(F)F. The van der Waals surface area contributed by atoms with E-state index in [1.807, 2.05) is 6.92 Å². The Morgan fingerprint density at radius 1 is 1.23 bits per heavy atom. The van der Waals surface area contributed by atoms with E-state index < -0.39 is 35.6 Å². The van der Waals surface area contributed by atoms with Crippen LogP contribution in [0.3, 0.4) is 0 Å². The molecule has 9 heteroatoms. The number of amides is 2. The summed E-state index contributed by atoms with van der Waals surface area (Å²) < 4.78 is 41.9. The molecule has 0 aliphatic heterocycles. The molecule has 0 aromatic rings. The van der Waals surface area contributed by atoms with E-state index in [1.165, 1.54) is 0 Å². The van der Waals surface area contributed by atoms with Crippen LogP contribution < -0.4 is 11.1 Å². The quantitative estimate of drug-likeness (QED) is 0.499. The standard InChI is InChI=1S/C13H19F3N2O4/c1-3-4-5-6-7-22-12(21)18-9(8(2)11(17)20)10(19)13(14,15)16/h9H,2-7H2,1H3,(H2,17,20)(H,18,21)/t9-/m1/s1. The predicted octanol–water partition coefficient (Wildman–Crippen LogP) is 1.83. The van der Waals surface area contributed by atoms with Gasteiger partial charge in [-0.3, -0.25) is 9.59 Å². The summed E-state index contributed by atoms with van der Waals surface area (Å²) in [6.07, 6.45) is -3.27. The molecule has 0 radical (unpaired) electrons. The Hall–Kier alpha value is -2.06. The monoisotopic (exact) mass is 324 g/mol. The number of unbranched alkanes of at least 4 members (excludes halogenated alkanes) is 3. The third kappa shape index (κ3) is 7.09. The number of alkyl halides is 3. The van der Waals surface area contributed by atoms with Gasteiger partial charge in [-0.1, -0.05) is 32.8 Å². The topological polar surface area (TPSA) is 98.5 Å². The average molecular weight is 324 g/mol. The van der Waals surface area contributed by atoms with Gasteiger partial charge in [0.2, 0.25) is 5.91 Å². The van der Waals surface area contributed by atoms with Crippen molar-refractivity contribution in [3.05, 3.63) is 12.2 Å². The fourth-order valence-electron chi connectivity index (χ4n) is 1.47. The van der Waals surface area contributed by atoms with Crippen molar-refractivity contribution in [2.24, 2.45) is 5.73 Å². The van der Waals surface area contributed by atoms with Crippen molar-refractivity contribution >= 4 is 17.8 Å². The molecule has 0 fully saturated rings. The highest BCUT2D eigenvalue weighted by atomic mass is 19.4. The van der Waals surface area contributed by atoms with Crippen LogP contribution in [0.5, 0.6) is 0 Å². The molecule has 0 unspecified atom stereocenters. The maximum atomic E-state index is 12.4. The molecule has 6 nitrogen and oxygen atoms in total. The normalized spacial score (nSPS) is 12.4. The molecular weight excluding hydrogens is 305 g/mol. The van der Waals surface area contributed by atoms with Gasteiger partial charge in [-0.15, -0.1) is 0 Å². The highest BCUT2D eigenvalue weighted by Gasteiger charge is 2.46. The first kappa shape index (κ1) is 19.9. The van der Waals surface area contributed by atoms with Gasteiger partial charge < -0.3 is 15.8 Å². The van der Waals surface area contributed by atoms with E-state index in [0.717, 1.165) is 19.3 Å². The van der Waals surface area contributed by atoms with Gasteiger partial charge in [0.05, 0.1) is 6.61 Å². The smallest absolute Gasteiger partial charge is 0.450 e. The molecule has 3 N–H and O–H groups in total. The Labute approximate surface area is 125 Å². The zero-order chi connectivity index (χ0) is 17.3. The second kappa shape index (κ2) is 9.06. The fraction of sp³-hybridized carbons (Fsp3) is 0.615. The van der Waals surface area contributed by atoms with Crippen LogP contribution in [0.15, 0.2) is 12.2 Å². The lowest BCUT2D eigenvalue weighted by atomic mass is 10.0. The van der Waals surface area contributed by atoms with Crippen molar-refractivity contribution in [3.8, 4) is 0 Å². The number of rotatable bonds is 9. The molecule has 0 aliphatic carbocycles. The lowest BCUT2D eigenvalue weighted by Crippen LogP contribution is -2.50. The Morgan fingerprint density at radius 3 is 2.27 bits per heavy atom. The van der Waals surface area contributed by atoms with Crippen molar-refractivity contribution < 1.29 is 32.3 Å². The zero-order valence-electron chi connectivity index (χ0n) is 12.2. The first-order chi connectivity index (χ1) is 10.1. The maximum Gasteiger partial charge on any atom is 0.452 e. The number of halogens is 3. The second-order valence-corrected chi connectivity index (χ2v) is 4.53. The van der Waals surface area contributed by atoms with Gasteiger partial charge in [-0.05, 0) is 6.42 Å². The number of nitrogens with one attached hydrogen (secondary N) is 1. The third-order valence-corrected chi connectivity index (χ3v) is 2.70. The van der Waals surface area contributed by atoms with E-state index in [9.17, 15) is 27.6 Å². The van der Waals surface area contributed by atoms with E-state index >= 15 is 0 Å². The van der Waals surface area contributed by atoms with Gasteiger partial charge in [0.15, 0.2) is 0 Å². The summed E-state index contributed by atoms with van der Waals surface area (Å²) in [5.41, 5.74) is 3.93. The summed E-state index contributed by atoms with van der Waals surface area (Å²) in [6, 6.07) is -2.29. The Bertz CT molecular complexity index is 435. The summed E-state index contributed by atoms with van der Waals surface area (Å²) in [6.45, 7) is 4.97. The number of ketones is 1. The van der Waals surface area contributed by atoms with Crippen molar-refractivity contribution in [3.63, 3.8) is 0 Å². The number of nitrogens with two attached hydrogens (primary N) is 1. The first-order valence-electron chi connectivity index (χ1n) is 6.64. The van der Waals surface area contributed by atoms with Crippen LogP contribution in [0.25, 0.3) is 0 Å². The van der Waals surface area contributed by atoms with Crippen LogP contribution in [0.1, 0.15) is 32.6 Å². The van der Waals surface area contributed by atoms with Gasteiger partial charge >= 0.3 is 12.3 Å². The molecule has 0 aromatic carbocycles. The van der Waals surface area contributed by atoms with Gasteiger partial charge in [0.25, 0.3) is 5.78 Å². The first-order valence-corrected chi connectivity index (χ1v) is 6.64. The van der Waals surface area contributed by atoms with Crippen LogP contribution in [-0.4, -0.2) is 36.6 Å². The number of hydrogen-bond donors (Lipinski definition) is 2. The van der Waals surface area contributed by atoms with E-state index in [-0.39, 0.29) is 6.61 Å². The van der Waals surface area contributed by atoms with Gasteiger partial charge in [-0.2, -0.15) is 13.2 Å². The molecule has 0 spiro atoms. The zero-order valence-corrected chi connectivity index (χ0v) is 12.2. The summed E-state index contributed by atoms with van der Waals surface area (Å²) in [4.78, 5) is 33.5. The summed E-state index contributed by atoms with van der Waals surface area (Å²) >= 11 is 0. The van der Waals surface area contributed by atoms with E-state index in [0.29, 0.717) is 6.42 Å². The van der Waals surface area contributed by atoms with Crippen LogP contribution in [-0.2, 0) is 14.3 Å². The number of carbonyl (C=O) groups excluding carboxylic acids is 3. The molecule has 0 rings (SSSR count). The predicted molar refractivity (Wildman–Crippen MR) is 71.8 cm³/mol. The molecule has 0 bridgehead atoms.